The SMILES string of the molecule is CC(C)(CNC(=O)C1CCC(C(=O)O)CC1)c1cccc(C(F)(F)F)c1. The summed E-state index contributed by atoms with van der Waals surface area (Å²) in [5.41, 5.74) is -0.863. The molecule has 1 fully saturated rings. The summed E-state index contributed by atoms with van der Waals surface area (Å²) in [7, 11) is 0. The predicted octanol–water partition coefficient (Wildman–Crippen LogP) is 3.99. The van der Waals surface area contributed by atoms with E-state index in [-0.39, 0.29) is 24.3 Å². The first-order valence-electron chi connectivity index (χ1n) is 8.69. The second-order valence-electron chi connectivity index (χ2n) is 7.57. The van der Waals surface area contributed by atoms with Crippen molar-refractivity contribution < 1.29 is 27.9 Å². The van der Waals surface area contributed by atoms with Gasteiger partial charge in [0.1, 0.15) is 0 Å². The molecule has 0 heterocycles. The van der Waals surface area contributed by atoms with Crippen LogP contribution in [0.4, 0.5) is 13.2 Å². The Hall–Kier alpha value is -2.05. The van der Waals surface area contributed by atoms with Gasteiger partial charge in [-0.1, -0.05) is 32.0 Å². The van der Waals surface area contributed by atoms with Crippen molar-refractivity contribution in [2.75, 3.05) is 6.54 Å². The fourth-order valence-corrected chi connectivity index (χ4v) is 3.27. The molecule has 1 aliphatic carbocycles. The van der Waals surface area contributed by atoms with Crippen LogP contribution in [0.3, 0.4) is 0 Å². The number of alkyl halides is 3. The molecule has 144 valence electrons. The van der Waals surface area contributed by atoms with E-state index in [1.807, 2.05) is 0 Å². The van der Waals surface area contributed by atoms with Crippen LogP contribution in [0.5, 0.6) is 0 Å². The number of rotatable bonds is 5. The molecule has 0 unspecified atom stereocenters. The molecule has 26 heavy (non-hydrogen) atoms. The molecular formula is C19H24F3NO3. The normalized spacial score (nSPS) is 21.3. The Labute approximate surface area is 150 Å². The van der Waals surface area contributed by atoms with E-state index >= 15 is 0 Å². The quantitative estimate of drug-likeness (QED) is 0.822. The number of carboxylic acids is 1. The van der Waals surface area contributed by atoms with Crippen LogP contribution in [0, 0.1) is 11.8 Å². The predicted molar refractivity (Wildman–Crippen MR) is 90.6 cm³/mol. The largest absolute Gasteiger partial charge is 0.481 e. The fourth-order valence-electron chi connectivity index (χ4n) is 3.27. The summed E-state index contributed by atoms with van der Waals surface area (Å²) in [5.74, 6) is -1.60. The minimum absolute atomic E-state index is 0.158. The van der Waals surface area contributed by atoms with E-state index in [9.17, 15) is 22.8 Å². The minimum Gasteiger partial charge on any atom is -0.481 e. The van der Waals surface area contributed by atoms with Crippen LogP contribution >= 0.6 is 0 Å². The lowest BCUT2D eigenvalue weighted by Crippen LogP contribution is -2.41. The molecule has 1 amide bonds. The molecule has 0 saturated heterocycles. The van der Waals surface area contributed by atoms with E-state index in [0.717, 1.165) is 12.1 Å². The van der Waals surface area contributed by atoms with Crippen LogP contribution in [0.2, 0.25) is 0 Å². The van der Waals surface area contributed by atoms with Crippen LogP contribution in [0.25, 0.3) is 0 Å². The summed E-state index contributed by atoms with van der Waals surface area (Å²) >= 11 is 0. The molecule has 7 heteroatoms. The van der Waals surface area contributed by atoms with Crippen molar-refractivity contribution in [2.45, 2.75) is 51.1 Å². The molecule has 0 spiro atoms. The molecule has 2 N–H and O–H groups in total. The molecule has 1 aromatic rings. The Morgan fingerprint density at radius 3 is 2.15 bits per heavy atom. The van der Waals surface area contributed by atoms with Gasteiger partial charge in [0.25, 0.3) is 0 Å². The molecule has 2 rings (SSSR count). The van der Waals surface area contributed by atoms with Crippen molar-refractivity contribution in [2.24, 2.45) is 11.8 Å². The number of nitrogens with one attached hydrogen (secondary N) is 1. The van der Waals surface area contributed by atoms with Gasteiger partial charge in [-0.05, 0) is 37.3 Å². The van der Waals surface area contributed by atoms with Crippen molar-refractivity contribution in [3.8, 4) is 0 Å². The van der Waals surface area contributed by atoms with Gasteiger partial charge in [0.2, 0.25) is 5.91 Å². The Balaban J connectivity index is 1.96. The van der Waals surface area contributed by atoms with Gasteiger partial charge in [-0.2, -0.15) is 13.2 Å². The van der Waals surface area contributed by atoms with E-state index in [1.165, 1.54) is 6.07 Å². The van der Waals surface area contributed by atoms with Crippen molar-refractivity contribution in [1.29, 1.82) is 0 Å². The molecule has 4 nitrogen and oxygen atoms in total. The molecule has 0 aromatic heterocycles. The number of halogens is 3. The lowest BCUT2D eigenvalue weighted by molar-refractivity contribution is -0.144. The number of carboxylic acid groups (broad SMARTS) is 1. The number of carbonyl (C=O) groups is 2. The van der Waals surface area contributed by atoms with Crippen LogP contribution < -0.4 is 5.32 Å². The molecular weight excluding hydrogens is 347 g/mol. The van der Waals surface area contributed by atoms with Crippen LogP contribution in [0.1, 0.15) is 50.7 Å². The highest BCUT2D eigenvalue weighted by atomic mass is 19.4. The molecule has 0 bridgehead atoms. The monoisotopic (exact) mass is 371 g/mol. The first-order chi connectivity index (χ1) is 12.0. The van der Waals surface area contributed by atoms with Crippen LogP contribution in [-0.4, -0.2) is 23.5 Å². The van der Waals surface area contributed by atoms with Crippen molar-refractivity contribution in [1.82, 2.24) is 5.32 Å². The summed E-state index contributed by atoms with van der Waals surface area (Å²) in [6.07, 6.45) is -2.41. The second-order valence-corrected chi connectivity index (χ2v) is 7.57. The number of amides is 1. The molecule has 0 atom stereocenters. The van der Waals surface area contributed by atoms with Gasteiger partial charge >= 0.3 is 12.1 Å². The highest BCUT2D eigenvalue weighted by Gasteiger charge is 2.33. The van der Waals surface area contributed by atoms with Gasteiger partial charge in [-0.3, -0.25) is 9.59 Å². The highest BCUT2D eigenvalue weighted by molar-refractivity contribution is 5.79. The Bertz CT molecular complexity index is 662. The topological polar surface area (TPSA) is 66.4 Å². The second kappa shape index (κ2) is 7.68. The summed E-state index contributed by atoms with van der Waals surface area (Å²) in [5, 5.41) is 11.8. The Morgan fingerprint density at radius 1 is 1.08 bits per heavy atom. The minimum atomic E-state index is -4.40. The molecule has 0 radical (unpaired) electrons. The van der Waals surface area contributed by atoms with E-state index in [0.29, 0.717) is 31.2 Å². The average Bonchev–Trinajstić information content (AvgIpc) is 2.59. The number of hydrogen-bond acceptors (Lipinski definition) is 2. The van der Waals surface area contributed by atoms with E-state index in [4.69, 9.17) is 5.11 Å². The Kier molecular flexibility index (Phi) is 5.98. The van der Waals surface area contributed by atoms with E-state index < -0.39 is 23.1 Å². The summed E-state index contributed by atoms with van der Waals surface area (Å²) in [4.78, 5) is 23.3. The zero-order valence-corrected chi connectivity index (χ0v) is 14.9. The van der Waals surface area contributed by atoms with Gasteiger partial charge in [0.15, 0.2) is 0 Å². The maximum atomic E-state index is 12.9. The van der Waals surface area contributed by atoms with Gasteiger partial charge in [0.05, 0.1) is 11.5 Å². The number of aliphatic carboxylic acids is 1. The fraction of sp³-hybridized carbons (Fsp3) is 0.579. The maximum Gasteiger partial charge on any atom is 0.416 e. The lowest BCUT2D eigenvalue weighted by Gasteiger charge is -2.29. The number of hydrogen-bond donors (Lipinski definition) is 2. The summed E-state index contributed by atoms with van der Waals surface area (Å²) in [6.45, 7) is 3.78. The molecule has 0 aliphatic heterocycles. The molecule has 1 aliphatic rings. The first-order valence-corrected chi connectivity index (χ1v) is 8.69. The molecule has 1 aromatic carbocycles. The zero-order chi connectivity index (χ0) is 19.5. The number of carbonyl (C=O) groups excluding carboxylic acids is 1. The third kappa shape index (κ3) is 4.99. The zero-order valence-electron chi connectivity index (χ0n) is 14.9. The highest BCUT2D eigenvalue weighted by Crippen LogP contribution is 2.33. The molecule has 1 saturated carbocycles. The Morgan fingerprint density at radius 2 is 1.62 bits per heavy atom. The smallest absolute Gasteiger partial charge is 0.416 e. The van der Waals surface area contributed by atoms with Crippen molar-refractivity contribution in [3.05, 3.63) is 35.4 Å². The summed E-state index contributed by atoms with van der Waals surface area (Å²) < 4.78 is 38.7. The van der Waals surface area contributed by atoms with E-state index in [1.54, 1.807) is 19.9 Å². The average molecular weight is 371 g/mol. The summed E-state index contributed by atoms with van der Waals surface area (Å²) in [6, 6.07) is 5.14. The van der Waals surface area contributed by atoms with Gasteiger partial charge in [-0.15, -0.1) is 0 Å². The van der Waals surface area contributed by atoms with Crippen LogP contribution in [0.15, 0.2) is 24.3 Å². The van der Waals surface area contributed by atoms with Crippen molar-refractivity contribution >= 4 is 11.9 Å². The first kappa shape index (κ1) is 20.3. The maximum absolute atomic E-state index is 12.9. The van der Waals surface area contributed by atoms with Gasteiger partial charge in [-0.25, -0.2) is 0 Å². The van der Waals surface area contributed by atoms with Gasteiger partial charge < -0.3 is 10.4 Å². The third-order valence-electron chi connectivity index (χ3n) is 5.12. The van der Waals surface area contributed by atoms with Gasteiger partial charge in [0, 0.05) is 17.9 Å². The van der Waals surface area contributed by atoms with E-state index in [2.05, 4.69) is 5.32 Å². The van der Waals surface area contributed by atoms with Crippen LogP contribution in [-0.2, 0) is 21.2 Å². The third-order valence-corrected chi connectivity index (χ3v) is 5.12. The number of benzene rings is 1. The standard InChI is InChI=1S/C19H24F3NO3/c1-18(2,14-4-3-5-15(10-14)19(20,21)22)11-23-16(24)12-6-8-13(9-7-12)17(25)26/h3-5,10,12-13H,6-9,11H2,1-2H3,(H,23,24)(H,25,26). The lowest BCUT2D eigenvalue weighted by atomic mass is 9.80. The van der Waals surface area contributed by atoms with Crippen molar-refractivity contribution in [3.63, 3.8) is 0 Å².